The Bertz CT molecular complexity index is 1630. The summed E-state index contributed by atoms with van der Waals surface area (Å²) in [5.41, 5.74) is 2.27. The van der Waals surface area contributed by atoms with Gasteiger partial charge in [-0.2, -0.15) is 5.10 Å². The number of likely N-dealkylation sites (tertiary alicyclic amines) is 2. The van der Waals surface area contributed by atoms with Crippen LogP contribution in [0.2, 0.25) is 0 Å². The zero-order valence-electron chi connectivity index (χ0n) is 28.2. The Morgan fingerprint density at radius 2 is 1.54 bits per heavy atom. The molecule has 1 saturated carbocycles. The molecule has 11 nitrogen and oxygen atoms in total. The molecule has 1 spiro atoms. The van der Waals surface area contributed by atoms with Crippen LogP contribution < -0.4 is 10.6 Å². The van der Waals surface area contributed by atoms with Gasteiger partial charge < -0.3 is 25.2 Å². The lowest BCUT2D eigenvalue weighted by Gasteiger charge is -2.50. The minimum absolute atomic E-state index is 0.00410. The number of aromatic nitrogens is 2. The standard InChI is InChI=1S/C37H46N6O5/c1-25(48-21-27-13-9-6-10-14-27)32(34(46)38-4)40-33(45)30-20-41(22-37(30)23-42(24-37)35(47)29-16-36(29,2)3)31(44)15-28-17-39-43(19-28)18-26-11-7-5-8-12-26/h5-14,17,19,25,29-30,32H,15-16,18,20-24H2,1-4H3,(H,38,46)(H,40,45)/t25-,29-,30+,32+/m1/s1. The zero-order chi connectivity index (χ0) is 34.1. The van der Waals surface area contributed by atoms with Gasteiger partial charge in [-0.25, -0.2) is 0 Å². The molecule has 3 aromatic rings. The van der Waals surface area contributed by atoms with Crippen molar-refractivity contribution in [2.45, 2.75) is 58.9 Å². The van der Waals surface area contributed by atoms with E-state index in [1.807, 2.05) is 76.4 Å². The van der Waals surface area contributed by atoms with Crippen molar-refractivity contribution >= 4 is 23.6 Å². The molecule has 1 aliphatic carbocycles. The molecular formula is C37H46N6O5. The zero-order valence-corrected chi connectivity index (χ0v) is 28.2. The highest BCUT2D eigenvalue weighted by Gasteiger charge is 2.62. The monoisotopic (exact) mass is 654 g/mol. The van der Waals surface area contributed by atoms with Gasteiger partial charge in [-0.1, -0.05) is 74.5 Å². The molecule has 3 heterocycles. The number of ether oxygens (including phenoxy) is 1. The van der Waals surface area contributed by atoms with Crippen LogP contribution >= 0.6 is 0 Å². The topological polar surface area (TPSA) is 126 Å². The number of carbonyl (C=O) groups excluding carboxylic acids is 4. The summed E-state index contributed by atoms with van der Waals surface area (Å²) >= 11 is 0. The summed E-state index contributed by atoms with van der Waals surface area (Å²) in [6.07, 6.45) is 3.99. The van der Waals surface area contributed by atoms with Gasteiger partial charge in [-0.15, -0.1) is 0 Å². The largest absolute Gasteiger partial charge is 0.371 e. The minimum Gasteiger partial charge on any atom is -0.371 e. The molecule has 0 radical (unpaired) electrons. The SMILES string of the molecule is CNC(=O)[C@@H](NC(=O)[C@@H]1CN(C(=O)Cc2cnn(Cc3ccccc3)c2)CC12CN(C(=O)[C@H]1CC1(C)C)C2)[C@@H](C)OCc1ccccc1. The summed E-state index contributed by atoms with van der Waals surface area (Å²) in [4.78, 5) is 57.6. The summed E-state index contributed by atoms with van der Waals surface area (Å²) in [6.45, 7) is 8.23. The molecule has 2 saturated heterocycles. The normalized spacial score (nSPS) is 21.7. The summed E-state index contributed by atoms with van der Waals surface area (Å²) in [7, 11) is 1.53. The minimum atomic E-state index is -0.937. The fraction of sp³-hybridized carbons (Fsp3) is 0.486. The third-order valence-electron chi connectivity index (χ3n) is 10.3. The Morgan fingerprint density at radius 1 is 0.917 bits per heavy atom. The van der Waals surface area contributed by atoms with Gasteiger partial charge in [0.2, 0.25) is 23.6 Å². The van der Waals surface area contributed by atoms with E-state index in [2.05, 4.69) is 29.6 Å². The molecule has 0 unspecified atom stereocenters. The van der Waals surface area contributed by atoms with Gasteiger partial charge in [0.05, 0.1) is 37.8 Å². The van der Waals surface area contributed by atoms with E-state index < -0.39 is 23.5 Å². The quantitative estimate of drug-likeness (QED) is 0.310. The number of hydrogen-bond acceptors (Lipinski definition) is 6. The predicted molar refractivity (Wildman–Crippen MR) is 179 cm³/mol. The van der Waals surface area contributed by atoms with E-state index >= 15 is 0 Å². The van der Waals surface area contributed by atoms with E-state index in [0.29, 0.717) is 26.2 Å². The fourth-order valence-electron chi connectivity index (χ4n) is 7.16. The Kier molecular flexibility index (Phi) is 9.42. The maximum absolute atomic E-state index is 14.1. The molecule has 1 aromatic heterocycles. The molecule has 2 aliphatic heterocycles. The van der Waals surface area contributed by atoms with Gasteiger partial charge in [-0.3, -0.25) is 23.9 Å². The number of amides is 4. The number of nitrogens with one attached hydrogen (secondary N) is 2. The fourth-order valence-corrected chi connectivity index (χ4v) is 7.16. The highest BCUT2D eigenvalue weighted by atomic mass is 16.5. The first-order valence-electron chi connectivity index (χ1n) is 16.8. The Balaban J connectivity index is 1.15. The second-order valence-corrected chi connectivity index (χ2v) is 14.4. The van der Waals surface area contributed by atoms with Crippen LogP contribution in [0.4, 0.5) is 0 Å². The summed E-state index contributed by atoms with van der Waals surface area (Å²) in [6, 6.07) is 18.7. The first-order chi connectivity index (χ1) is 23.0. The van der Waals surface area contributed by atoms with E-state index in [4.69, 9.17) is 4.74 Å². The molecule has 4 amide bonds. The number of benzene rings is 2. The van der Waals surface area contributed by atoms with Crippen LogP contribution in [-0.2, 0) is 43.5 Å². The van der Waals surface area contributed by atoms with E-state index in [1.54, 1.807) is 18.0 Å². The lowest BCUT2D eigenvalue weighted by atomic mass is 9.70. The van der Waals surface area contributed by atoms with Crippen LogP contribution in [0.3, 0.4) is 0 Å². The van der Waals surface area contributed by atoms with Gasteiger partial charge in [0.25, 0.3) is 0 Å². The summed E-state index contributed by atoms with van der Waals surface area (Å²) in [5, 5.41) is 10.1. The van der Waals surface area contributed by atoms with Crippen LogP contribution in [0.25, 0.3) is 0 Å². The molecule has 3 fully saturated rings. The van der Waals surface area contributed by atoms with Crippen LogP contribution in [0, 0.1) is 22.7 Å². The average Bonchev–Trinajstić information content (AvgIpc) is 3.35. The van der Waals surface area contributed by atoms with Gasteiger partial charge >= 0.3 is 0 Å². The molecule has 2 N–H and O–H groups in total. The number of hydrogen-bond donors (Lipinski definition) is 2. The van der Waals surface area contributed by atoms with Crippen molar-refractivity contribution in [3.05, 3.63) is 89.7 Å². The molecule has 11 heteroatoms. The van der Waals surface area contributed by atoms with Crippen LogP contribution in [0.1, 0.15) is 43.9 Å². The summed E-state index contributed by atoms with van der Waals surface area (Å²) < 4.78 is 7.85. The molecule has 3 aliphatic rings. The molecule has 0 bridgehead atoms. The maximum Gasteiger partial charge on any atom is 0.245 e. The van der Waals surface area contributed by atoms with Gasteiger partial charge in [-0.05, 0) is 35.4 Å². The van der Waals surface area contributed by atoms with Crippen molar-refractivity contribution in [2.24, 2.45) is 22.7 Å². The molecule has 48 heavy (non-hydrogen) atoms. The average molecular weight is 655 g/mol. The molecule has 6 rings (SSSR count). The smallest absolute Gasteiger partial charge is 0.245 e. The number of nitrogens with zero attached hydrogens (tertiary/aromatic N) is 4. The van der Waals surface area contributed by atoms with Crippen LogP contribution in [0.15, 0.2) is 73.1 Å². The van der Waals surface area contributed by atoms with Crippen molar-refractivity contribution in [1.82, 2.24) is 30.2 Å². The van der Waals surface area contributed by atoms with Crippen molar-refractivity contribution < 1.29 is 23.9 Å². The van der Waals surface area contributed by atoms with E-state index in [0.717, 1.165) is 23.1 Å². The Labute approximate surface area is 282 Å². The second kappa shape index (κ2) is 13.5. The third kappa shape index (κ3) is 7.16. The lowest BCUT2D eigenvalue weighted by Crippen LogP contribution is -2.65. The third-order valence-corrected chi connectivity index (χ3v) is 10.3. The predicted octanol–water partition coefficient (Wildman–Crippen LogP) is 2.64. The molecular weight excluding hydrogens is 608 g/mol. The Morgan fingerprint density at radius 3 is 2.17 bits per heavy atom. The number of likely N-dealkylation sites (N-methyl/N-ethyl adjacent to an activating group) is 1. The number of carbonyl (C=O) groups is 4. The maximum atomic E-state index is 14.1. The van der Waals surface area contributed by atoms with E-state index in [1.165, 1.54) is 7.05 Å². The highest BCUT2D eigenvalue weighted by molar-refractivity contribution is 5.91. The van der Waals surface area contributed by atoms with Crippen molar-refractivity contribution in [2.75, 3.05) is 33.2 Å². The van der Waals surface area contributed by atoms with Gasteiger partial charge in [0, 0.05) is 50.8 Å². The lowest BCUT2D eigenvalue weighted by molar-refractivity contribution is -0.152. The Hall–Kier alpha value is -4.51. The molecule has 2 aromatic carbocycles. The van der Waals surface area contributed by atoms with Crippen molar-refractivity contribution in [3.8, 4) is 0 Å². The van der Waals surface area contributed by atoms with E-state index in [-0.39, 0.29) is 54.5 Å². The van der Waals surface area contributed by atoms with E-state index in [9.17, 15) is 19.2 Å². The van der Waals surface area contributed by atoms with Gasteiger partial charge in [0.15, 0.2) is 0 Å². The van der Waals surface area contributed by atoms with Crippen LogP contribution in [-0.4, -0.2) is 88.6 Å². The van der Waals surface area contributed by atoms with Crippen LogP contribution in [0.5, 0.6) is 0 Å². The van der Waals surface area contributed by atoms with Crippen molar-refractivity contribution in [1.29, 1.82) is 0 Å². The number of rotatable bonds is 12. The first-order valence-corrected chi connectivity index (χ1v) is 16.8. The second-order valence-electron chi connectivity index (χ2n) is 14.4. The van der Waals surface area contributed by atoms with Gasteiger partial charge in [0.1, 0.15) is 6.04 Å². The summed E-state index contributed by atoms with van der Waals surface area (Å²) in [5.74, 6) is -1.26. The first kappa shape index (κ1) is 33.4. The molecule has 254 valence electrons. The molecule has 4 atom stereocenters. The highest BCUT2D eigenvalue weighted by Crippen LogP contribution is 2.54. The van der Waals surface area contributed by atoms with Crippen molar-refractivity contribution in [3.63, 3.8) is 0 Å².